The fraction of sp³-hybridized carbons (Fsp3) is 0.370. The van der Waals surface area contributed by atoms with E-state index in [0.717, 1.165) is 19.3 Å². The zero-order valence-corrected chi connectivity index (χ0v) is 21.0. The van der Waals surface area contributed by atoms with Crippen molar-refractivity contribution in [1.29, 1.82) is 0 Å². The second-order valence-electron chi connectivity index (χ2n) is 8.60. The van der Waals surface area contributed by atoms with Crippen LogP contribution in [-0.2, 0) is 14.3 Å². The summed E-state index contributed by atoms with van der Waals surface area (Å²) in [6.45, 7) is 2.24. The number of carbonyl (C=O) groups excluding carboxylic acids is 3. The number of hydrogen-bond acceptors (Lipinski definition) is 7. The van der Waals surface area contributed by atoms with Crippen molar-refractivity contribution in [1.82, 2.24) is 5.32 Å². The number of esters is 1. The van der Waals surface area contributed by atoms with Gasteiger partial charge in [-0.2, -0.15) is 0 Å². The summed E-state index contributed by atoms with van der Waals surface area (Å²) in [7, 11) is 0. The van der Waals surface area contributed by atoms with Crippen LogP contribution >= 0.6 is 11.8 Å². The average molecular weight is 511 g/mol. The number of ether oxygens (including phenoxy) is 3. The van der Waals surface area contributed by atoms with Crippen molar-refractivity contribution < 1.29 is 28.6 Å². The maximum Gasteiger partial charge on any atom is 0.340 e. The van der Waals surface area contributed by atoms with Gasteiger partial charge in [-0.1, -0.05) is 23.8 Å². The zero-order valence-electron chi connectivity index (χ0n) is 20.2. The van der Waals surface area contributed by atoms with E-state index in [2.05, 4.69) is 16.7 Å². The molecule has 9 heteroatoms. The van der Waals surface area contributed by atoms with Crippen molar-refractivity contribution in [2.24, 2.45) is 0 Å². The average Bonchev–Trinajstić information content (AvgIpc) is 3.36. The Morgan fingerprint density at radius 1 is 1.08 bits per heavy atom. The van der Waals surface area contributed by atoms with Crippen molar-refractivity contribution in [3.63, 3.8) is 0 Å². The number of carbonyl (C=O) groups is 3. The first-order valence-corrected chi connectivity index (χ1v) is 13.1. The SMILES string of the molecule is C[C@@H](OC(=O)c1ccccc1SCC(=O)Nc1ccc2c(c1)OCO2)C(=O)NCCC1=CCCCC1. The minimum atomic E-state index is -0.926. The quantitative estimate of drug-likeness (QED) is 0.271. The normalized spacial score (nSPS) is 15.0. The Morgan fingerprint density at radius 2 is 1.92 bits per heavy atom. The summed E-state index contributed by atoms with van der Waals surface area (Å²) in [6, 6.07) is 12.1. The highest BCUT2D eigenvalue weighted by molar-refractivity contribution is 8.00. The van der Waals surface area contributed by atoms with Crippen molar-refractivity contribution in [2.45, 2.75) is 50.0 Å². The van der Waals surface area contributed by atoms with E-state index in [4.69, 9.17) is 14.2 Å². The van der Waals surface area contributed by atoms with Crippen LogP contribution in [0, 0.1) is 0 Å². The van der Waals surface area contributed by atoms with Crippen LogP contribution in [0.4, 0.5) is 5.69 Å². The van der Waals surface area contributed by atoms with Gasteiger partial charge in [0.1, 0.15) is 0 Å². The van der Waals surface area contributed by atoms with Gasteiger partial charge >= 0.3 is 5.97 Å². The van der Waals surface area contributed by atoms with Gasteiger partial charge in [0.15, 0.2) is 17.6 Å². The molecule has 4 rings (SSSR count). The number of hydrogen-bond donors (Lipinski definition) is 2. The lowest BCUT2D eigenvalue weighted by Gasteiger charge is -2.16. The number of nitrogens with one attached hydrogen (secondary N) is 2. The Morgan fingerprint density at radius 3 is 2.75 bits per heavy atom. The van der Waals surface area contributed by atoms with E-state index < -0.39 is 12.1 Å². The number of amides is 2. The van der Waals surface area contributed by atoms with E-state index in [1.165, 1.54) is 30.2 Å². The summed E-state index contributed by atoms with van der Waals surface area (Å²) < 4.78 is 16.0. The zero-order chi connectivity index (χ0) is 25.3. The van der Waals surface area contributed by atoms with E-state index in [1.54, 1.807) is 49.4 Å². The number of anilines is 1. The summed E-state index contributed by atoms with van der Waals surface area (Å²) in [4.78, 5) is 38.3. The molecule has 0 radical (unpaired) electrons. The fourth-order valence-electron chi connectivity index (χ4n) is 3.98. The highest BCUT2D eigenvalue weighted by atomic mass is 32.2. The second-order valence-corrected chi connectivity index (χ2v) is 9.61. The molecule has 0 aromatic heterocycles. The van der Waals surface area contributed by atoms with E-state index in [0.29, 0.717) is 34.2 Å². The van der Waals surface area contributed by atoms with Crippen molar-refractivity contribution in [2.75, 3.05) is 24.4 Å². The topological polar surface area (TPSA) is 103 Å². The second kappa shape index (κ2) is 12.5. The van der Waals surface area contributed by atoms with E-state index in [9.17, 15) is 14.4 Å². The van der Waals surface area contributed by atoms with Crippen LogP contribution in [0.3, 0.4) is 0 Å². The summed E-state index contributed by atoms with van der Waals surface area (Å²) in [5.41, 5.74) is 2.28. The van der Waals surface area contributed by atoms with Crippen molar-refractivity contribution >= 4 is 35.2 Å². The van der Waals surface area contributed by atoms with E-state index in [-0.39, 0.29) is 24.4 Å². The molecule has 36 heavy (non-hydrogen) atoms. The minimum Gasteiger partial charge on any atom is -0.454 e. The van der Waals surface area contributed by atoms with Crippen LogP contribution in [0.25, 0.3) is 0 Å². The number of allylic oxidation sites excluding steroid dienone is 1. The predicted molar refractivity (Wildman–Crippen MR) is 137 cm³/mol. The molecule has 0 fully saturated rings. The number of benzene rings is 2. The lowest BCUT2D eigenvalue weighted by molar-refractivity contribution is -0.129. The smallest absolute Gasteiger partial charge is 0.340 e. The van der Waals surface area contributed by atoms with E-state index in [1.807, 2.05) is 0 Å². The molecule has 1 aliphatic heterocycles. The minimum absolute atomic E-state index is 0.0879. The molecular weight excluding hydrogens is 480 g/mol. The van der Waals surface area contributed by atoms with Gasteiger partial charge in [-0.15, -0.1) is 11.8 Å². The van der Waals surface area contributed by atoms with Crippen molar-refractivity contribution in [3.05, 3.63) is 59.7 Å². The molecule has 0 spiro atoms. The molecule has 1 heterocycles. The Hall–Kier alpha value is -3.46. The van der Waals surface area contributed by atoms with Crippen LogP contribution in [0.5, 0.6) is 11.5 Å². The molecule has 0 saturated heterocycles. The van der Waals surface area contributed by atoms with Gasteiger partial charge in [-0.25, -0.2) is 4.79 Å². The first-order valence-electron chi connectivity index (χ1n) is 12.1. The standard InChI is InChI=1S/C27H30N2O6S/c1-18(26(31)28-14-13-19-7-3-2-4-8-19)35-27(32)21-9-5-6-10-24(21)36-16-25(30)29-20-11-12-22-23(15-20)34-17-33-22/h5-7,9-12,15,18H,2-4,8,13-14,16-17H2,1H3,(H,28,31)(H,29,30)/t18-/m1/s1. The molecular formula is C27H30N2O6S. The molecule has 2 aliphatic rings. The molecule has 1 aliphatic carbocycles. The summed E-state index contributed by atoms with van der Waals surface area (Å²) in [5.74, 6) is 0.143. The molecule has 190 valence electrons. The van der Waals surface area contributed by atoms with Crippen LogP contribution < -0.4 is 20.1 Å². The Kier molecular flexibility index (Phi) is 8.89. The lowest BCUT2D eigenvalue weighted by atomic mass is 9.97. The van der Waals surface area contributed by atoms with Gasteiger partial charge in [0.2, 0.25) is 12.7 Å². The van der Waals surface area contributed by atoms with Gasteiger partial charge in [0.25, 0.3) is 5.91 Å². The maximum absolute atomic E-state index is 12.8. The number of fused-ring (bicyclic) bond motifs is 1. The molecule has 1 atom stereocenters. The van der Waals surface area contributed by atoms with Crippen molar-refractivity contribution in [3.8, 4) is 11.5 Å². The number of rotatable bonds is 10. The monoisotopic (exact) mass is 510 g/mol. The summed E-state index contributed by atoms with van der Waals surface area (Å²) >= 11 is 1.22. The van der Waals surface area contributed by atoms with Crippen LogP contribution in [0.2, 0.25) is 0 Å². The molecule has 2 N–H and O–H groups in total. The van der Waals surface area contributed by atoms with Crippen LogP contribution in [0.15, 0.2) is 59.0 Å². The largest absolute Gasteiger partial charge is 0.454 e. The fourth-order valence-corrected chi connectivity index (χ4v) is 4.82. The van der Waals surface area contributed by atoms with Gasteiger partial charge in [0, 0.05) is 23.2 Å². The van der Waals surface area contributed by atoms with E-state index >= 15 is 0 Å². The molecule has 0 unspecified atom stereocenters. The first-order chi connectivity index (χ1) is 17.5. The van der Waals surface area contributed by atoms with Gasteiger partial charge in [0.05, 0.1) is 11.3 Å². The number of thioether (sulfide) groups is 1. The molecule has 2 aromatic rings. The highest BCUT2D eigenvalue weighted by Crippen LogP contribution is 2.34. The van der Waals surface area contributed by atoms with Crippen LogP contribution in [0.1, 0.15) is 49.4 Å². The molecule has 2 amide bonds. The Balaban J connectivity index is 1.26. The summed E-state index contributed by atoms with van der Waals surface area (Å²) in [5, 5.41) is 5.66. The Labute approximate surface area is 214 Å². The predicted octanol–water partition coefficient (Wildman–Crippen LogP) is 4.70. The van der Waals surface area contributed by atoms with Gasteiger partial charge < -0.3 is 24.8 Å². The van der Waals surface area contributed by atoms with Gasteiger partial charge in [-0.3, -0.25) is 9.59 Å². The third-order valence-corrected chi connectivity index (χ3v) is 6.98. The summed E-state index contributed by atoms with van der Waals surface area (Å²) in [6.07, 6.45) is 6.77. The van der Waals surface area contributed by atoms with Crippen LogP contribution in [-0.4, -0.2) is 43.0 Å². The third kappa shape index (κ3) is 7.04. The molecule has 2 aromatic carbocycles. The Bertz CT molecular complexity index is 1150. The highest BCUT2D eigenvalue weighted by Gasteiger charge is 2.21. The lowest BCUT2D eigenvalue weighted by Crippen LogP contribution is -2.36. The first kappa shape index (κ1) is 25.6. The molecule has 8 nitrogen and oxygen atoms in total. The third-order valence-electron chi connectivity index (χ3n) is 5.91. The molecule has 0 bridgehead atoms. The maximum atomic E-state index is 12.8. The molecule has 0 saturated carbocycles. The van der Waals surface area contributed by atoms with Gasteiger partial charge in [-0.05, 0) is 63.3 Å².